The Balaban J connectivity index is 2.02. The number of nitrogens with zero attached hydrogens (tertiary/aromatic N) is 4. The minimum atomic E-state index is 0.158. The van der Waals surface area contributed by atoms with Crippen molar-refractivity contribution in [2.24, 2.45) is 10.7 Å². The highest BCUT2D eigenvalue weighted by atomic mass is 15.4. The molecule has 2 atom stereocenters. The molecule has 0 aromatic carbocycles. The predicted molar refractivity (Wildman–Crippen MR) is 80.4 cm³/mol. The van der Waals surface area contributed by atoms with Crippen molar-refractivity contribution in [1.29, 1.82) is 0 Å². The summed E-state index contributed by atoms with van der Waals surface area (Å²) in [4.78, 5) is 11.8. The molecule has 2 heterocycles. The van der Waals surface area contributed by atoms with Gasteiger partial charge in [-0.1, -0.05) is 13.8 Å². The lowest BCUT2D eigenvalue weighted by Crippen LogP contribution is -2.55. The molecule has 2 aliphatic rings. The second-order valence-corrected chi connectivity index (χ2v) is 6.05. The Bertz CT molecular complexity index is 327. The van der Waals surface area contributed by atoms with E-state index in [9.17, 15) is 0 Å². The quantitative estimate of drug-likeness (QED) is 0.784. The maximum Gasteiger partial charge on any atom is 0.191 e. The van der Waals surface area contributed by atoms with Crippen LogP contribution < -0.4 is 5.73 Å². The van der Waals surface area contributed by atoms with Gasteiger partial charge < -0.3 is 20.4 Å². The first-order chi connectivity index (χ1) is 9.02. The van der Waals surface area contributed by atoms with E-state index in [1.54, 1.807) is 0 Å². The first-order valence-electron chi connectivity index (χ1n) is 7.52. The van der Waals surface area contributed by atoms with Crippen molar-refractivity contribution >= 4 is 5.96 Å². The van der Waals surface area contributed by atoms with Crippen LogP contribution in [-0.4, -0.2) is 78.6 Å². The van der Waals surface area contributed by atoms with Gasteiger partial charge in [0, 0.05) is 25.7 Å². The van der Waals surface area contributed by atoms with E-state index in [-0.39, 0.29) is 5.54 Å². The average molecular weight is 267 g/mol. The van der Waals surface area contributed by atoms with Crippen molar-refractivity contribution in [3.63, 3.8) is 0 Å². The van der Waals surface area contributed by atoms with E-state index in [4.69, 9.17) is 5.73 Å². The van der Waals surface area contributed by atoms with Gasteiger partial charge in [0.25, 0.3) is 0 Å². The van der Waals surface area contributed by atoms with E-state index in [0.717, 1.165) is 45.2 Å². The Labute approximate surface area is 117 Å². The molecule has 1 spiro atoms. The predicted octanol–water partition coefficient (Wildman–Crippen LogP) is 0.421. The molecule has 0 aliphatic carbocycles. The molecule has 2 N–H and O–H groups in total. The number of likely N-dealkylation sites (N-methyl/N-ethyl adjacent to an activating group) is 2. The lowest BCUT2D eigenvalue weighted by Gasteiger charge is -2.37. The fourth-order valence-electron chi connectivity index (χ4n) is 3.48. The summed E-state index contributed by atoms with van der Waals surface area (Å²) in [5, 5.41) is 0. The lowest BCUT2D eigenvalue weighted by atomic mass is 9.95. The van der Waals surface area contributed by atoms with Crippen LogP contribution in [0.2, 0.25) is 0 Å². The molecule has 0 radical (unpaired) electrons. The third-order valence-electron chi connectivity index (χ3n) is 4.89. The number of likely N-dealkylation sites (tertiary alicyclic amines) is 1. The van der Waals surface area contributed by atoms with Crippen LogP contribution in [0.5, 0.6) is 0 Å². The first-order valence-corrected chi connectivity index (χ1v) is 7.52. The van der Waals surface area contributed by atoms with Gasteiger partial charge in [0.05, 0.1) is 12.1 Å². The highest BCUT2D eigenvalue weighted by Crippen LogP contribution is 2.34. The number of hydrogen-bond acceptors (Lipinski definition) is 5. The van der Waals surface area contributed by atoms with Crippen LogP contribution in [0, 0.1) is 0 Å². The highest BCUT2D eigenvalue weighted by molar-refractivity contribution is 5.81. The van der Waals surface area contributed by atoms with Gasteiger partial charge in [-0.05, 0) is 33.5 Å². The Morgan fingerprint density at radius 3 is 2.63 bits per heavy atom. The number of aliphatic imine (C=N–C) groups is 1. The molecule has 0 bridgehead atoms. The second-order valence-electron chi connectivity index (χ2n) is 6.05. The summed E-state index contributed by atoms with van der Waals surface area (Å²) in [6.07, 6.45) is 1.17. The van der Waals surface area contributed by atoms with Crippen molar-refractivity contribution in [3.05, 3.63) is 0 Å². The van der Waals surface area contributed by atoms with Gasteiger partial charge in [-0.15, -0.1) is 0 Å². The zero-order valence-corrected chi connectivity index (χ0v) is 12.9. The van der Waals surface area contributed by atoms with Crippen molar-refractivity contribution in [1.82, 2.24) is 14.7 Å². The van der Waals surface area contributed by atoms with Gasteiger partial charge in [0.1, 0.15) is 0 Å². The molecule has 0 amide bonds. The number of guanidine groups is 1. The normalized spacial score (nSPS) is 31.7. The monoisotopic (exact) mass is 267 g/mol. The van der Waals surface area contributed by atoms with Crippen molar-refractivity contribution < 1.29 is 0 Å². The molecule has 0 aromatic rings. The largest absolute Gasteiger partial charge is 0.370 e. The summed E-state index contributed by atoms with van der Waals surface area (Å²) in [6, 6.07) is 0.622. The minimum Gasteiger partial charge on any atom is -0.370 e. The molecule has 0 saturated carbocycles. The van der Waals surface area contributed by atoms with Crippen molar-refractivity contribution in [2.45, 2.75) is 38.8 Å². The van der Waals surface area contributed by atoms with Crippen LogP contribution in [-0.2, 0) is 0 Å². The first kappa shape index (κ1) is 14.6. The summed E-state index contributed by atoms with van der Waals surface area (Å²) >= 11 is 0. The van der Waals surface area contributed by atoms with Crippen LogP contribution in [0.25, 0.3) is 0 Å². The van der Waals surface area contributed by atoms with Crippen LogP contribution in [0.3, 0.4) is 0 Å². The third-order valence-corrected chi connectivity index (χ3v) is 4.89. The second kappa shape index (κ2) is 5.67. The summed E-state index contributed by atoms with van der Waals surface area (Å²) in [6.45, 7) is 12.9. The van der Waals surface area contributed by atoms with Crippen LogP contribution in [0.15, 0.2) is 4.99 Å². The molecule has 5 nitrogen and oxygen atoms in total. The Hall–Kier alpha value is -0.810. The Morgan fingerprint density at radius 1 is 1.42 bits per heavy atom. The van der Waals surface area contributed by atoms with Crippen LogP contribution in [0.1, 0.15) is 27.2 Å². The molecule has 110 valence electrons. The molecule has 19 heavy (non-hydrogen) atoms. The average Bonchev–Trinajstić information content (AvgIpc) is 2.83. The minimum absolute atomic E-state index is 0.158. The van der Waals surface area contributed by atoms with Gasteiger partial charge in [-0.2, -0.15) is 0 Å². The Morgan fingerprint density at radius 2 is 2.11 bits per heavy atom. The molecule has 2 rings (SSSR count). The van der Waals surface area contributed by atoms with Gasteiger partial charge in [0.2, 0.25) is 0 Å². The zero-order chi connectivity index (χ0) is 14.0. The van der Waals surface area contributed by atoms with E-state index >= 15 is 0 Å². The van der Waals surface area contributed by atoms with E-state index in [0.29, 0.717) is 6.04 Å². The maximum atomic E-state index is 6.13. The molecule has 1 saturated heterocycles. The molecular weight excluding hydrogens is 238 g/mol. The molecule has 2 unspecified atom stereocenters. The molecule has 0 aromatic heterocycles. The van der Waals surface area contributed by atoms with Crippen LogP contribution >= 0.6 is 0 Å². The molecule has 2 aliphatic heterocycles. The van der Waals surface area contributed by atoms with Crippen molar-refractivity contribution in [2.75, 3.05) is 46.3 Å². The SMILES string of the molecule is CCN(CC)CCN1C(N)=NCC12CC(C)N(C)C2. The summed E-state index contributed by atoms with van der Waals surface area (Å²) < 4.78 is 0. The highest BCUT2D eigenvalue weighted by Gasteiger charge is 2.48. The standard InChI is InChI=1S/C14H29N5/c1-5-18(6-2)7-8-19-13(15)16-10-14(19)9-12(3)17(4)11-14/h12H,5-11H2,1-4H3,(H2,15,16). The van der Waals surface area contributed by atoms with Gasteiger partial charge in [-0.3, -0.25) is 4.99 Å². The number of nitrogens with two attached hydrogens (primary N) is 1. The fourth-order valence-corrected chi connectivity index (χ4v) is 3.48. The van der Waals surface area contributed by atoms with Gasteiger partial charge in [0.15, 0.2) is 5.96 Å². The van der Waals surface area contributed by atoms with E-state index in [1.165, 1.54) is 6.42 Å². The number of hydrogen-bond donors (Lipinski definition) is 1. The van der Waals surface area contributed by atoms with Gasteiger partial charge in [-0.25, -0.2) is 0 Å². The molecule has 1 fully saturated rings. The fraction of sp³-hybridized carbons (Fsp3) is 0.929. The topological polar surface area (TPSA) is 48.1 Å². The Kier molecular flexibility index (Phi) is 4.36. The summed E-state index contributed by atoms with van der Waals surface area (Å²) in [5.41, 5.74) is 6.29. The van der Waals surface area contributed by atoms with E-state index in [1.807, 2.05) is 0 Å². The van der Waals surface area contributed by atoms with E-state index in [2.05, 4.69) is 47.5 Å². The van der Waals surface area contributed by atoms with Crippen molar-refractivity contribution in [3.8, 4) is 0 Å². The summed E-state index contributed by atoms with van der Waals surface area (Å²) in [7, 11) is 2.20. The van der Waals surface area contributed by atoms with Gasteiger partial charge >= 0.3 is 0 Å². The molecule has 5 heteroatoms. The third kappa shape index (κ3) is 2.72. The molecular formula is C14H29N5. The lowest BCUT2D eigenvalue weighted by molar-refractivity contribution is 0.176. The maximum absolute atomic E-state index is 6.13. The summed E-state index contributed by atoms with van der Waals surface area (Å²) in [5.74, 6) is 0.745. The smallest absolute Gasteiger partial charge is 0.191 e. The number of rotatable bonds is 5. The zero-order valence-electron chi connectivity index (χ0n) is 12.9. The van der Waals surface area contributed by atoms with E-state index < -0.39 is 0 Å². The van der Waals surface area contributed by atoms with Crippen LogP contribution in [0.4, 0.5) is 0 Å².